The minimum Gasteiger partial charge on any atom is -0.462 e. The van der Waals surface area contributed by atoms with Crippen molar-refractivity contribution in [3.63, 3.8) is 0 Å². The van der Waals surface area contributed by atoms with E-state index in [1.807, 2.05) is 0 Å². The highest BCUT2D eigenvalue weighted by Gasteiger charge is 2.50. The van der Waals surface area contributed by atoms with E-state index >= 15 is 0 Å². The van der Waals surface area contributed by atoms with Crippen molar-refractivity contribution in [2.24, 2.45) is 0 Å². The first-order valence-corrected chi connectivity index (χ1v) is 8.13. The molecule has 0 amide bonds. The Balaban J connectivity index is 3.23. The minimum atomic E-state index is -3.96. The van der Waals surface area contributed by atoms with E-state index in [1.54, 1.807) is 20.8 Å². The van der Waals surface area contributed by atoms with Crippen LogP contribution >= 0.6 is 0 Å². The number of hydrogen-bond acceptors (Lipinski definition) is 3. The maximum absolute atomic E-state index is 14.4. The average Bonchev–Trinajstić information content (AvgIpc) is 2.44. The topological polar surface area (TPSA) is 55.4 Å². The van der Waals surface area contributed by atoms with Gasteiger partial charge in [-0.05, 0) is 45.4 Å². The van der Waals surface area contributed by atoms with Gasteiger partial charge in [0, 0.05) is 0 Å². The molecule has 0 radical (unpaired) electrons. The van der Waals surface area contributed by atoms with Gasteiger partial charge in [0.05, 0.1) is 22.3 Å². The molecule has 0 bridgehead atoms. The minimum absolute atomic E-state index is 0.0675. The summed E-state index contributed by atoms with van der Waals surface area (Å²) in [6, 6.07) is 2.30. The lowest BCUT2D eigenvalue weighted by Gasteiger charge is -2.29. The third kappa shape index (κ3) is 5.04. The maximum atomic E-state index is 14.4. The number of nitrogens with one attached hydrogen (secondary N) is 1. The van der Waals surface area contributed by atoms with Gasteiger partial charge in [0.15, 0.2) is 0 Å². The third-order valence-corrected chi connectivity index (χ3v) is 4.46. The Kier molecular flexibility index (Phi) is 6.35. The van der Waals surface area contributed by atoms with Gasteiger partial charge < -0.3 is 4.74 Å². The number of carbonyl (C=O) groups excluding carboxylic acids is 1. The van der Waals surface area contributed by atoms with Gasteiger partial charge >= 0.3 is 11.9 Å². The van der Waals surface area contributed by atoms with Crippen LogP contribution in [0.3, 0.4) is 0 Å². The van der Waals surface area contributed by atoms with E-state index in [0.29, 0.717) is 0 Å². The van der Waals surface area contributed by atoms with Crippen LogP contribution in [0, 0.1) is 5.82 Å². The van der Waals surface area contributed by atoms with Crippen molar-refractivity contribution in [2.75, 3.05) is 6.61 Å². The van der Waals surface area contributed by atoms with Crippen molar-refractivity contribution in [1.82, 2.24) is 4.72 Å². The molecule has 0 aromatic heterocycles. The van der Waals surface area contributed by atoms with E-state index in [1.165, 1.54) is 6.92 Å². The van der Waals surface area contributed by atoms with Crippen molar-refractivity contribution in [2.45, 2.75) is 44.4 Å². The van der Waals surface area contributed by atoms with Crippen LogP contribution in [-0.4, -0.2) is 27.5 Å². The Bertz CT molecular complexity index is 570. The Morgan fingerprint density at radius 3 is 2.22 bits per heavy atom. The first-order chi connectivity index (χ1) is 10.5. The lowest BCUT2D eigenvalue weighted by molar-refractivity contribution is -0.175. The Labute approximate surface area is 136 Å². The van der Waals surface area contributed by atoms with Crippen molar-refractivity contribution in [1.29, 1.82) is 0 Å². The molecule has 2 atom stereocenters. The van der Waals surface area contributed by atoms with Crippen molar-refractivity contribution >= 4 is 17.0 Å². The van der Waals surface area contributed by atoms with E-state index < -0.39 is 39.5 Å². The summed E-state index contributed by atoms with van der Waals surface area (Å²) in [5, 5.41) is 0. The first kappa shape index (κ1) is 19.6. The molecule has 0 aliphatic carbocycles. The molecule has 0 aliphatic rings. The second-order valence-electron chi connectivity index (χ2n) is 5.83. The van der Waals surface area contributed by atoms with Crippen LogP contribution < -0.4 is 4.72 Å². The molecule has 1 rings (SSSR count). The van der Waals surface area contributed by atoms with Gasteiger partial charge in [0.2, 0.25) is 0 Å². The number of carbonyl (C=O) groups is 1. The van der Waals surface area contributed by atoms with Gasteiger partial charge in [0.1, 0.15) is 11.9 Å². The van der Waals surface area contributed by atoms with E-state index in [0.717, 1.165) is 24.3 Å². The Hall–Kier alpha value is -1.41. The Morgan fingerprint density at radius 1 is 1.26 bits per heavy atom. The number of benzene rings is 1. The zero-order valence-electron chi connectivity index (χ0n) is 13.4. The largest absolute Gasteiger partial charge is 0.462 e. The highest BCUT2D eigenvalue weighted by molar-refractivity contribution is 7.84. The molecule has 0 saturated heterocycles. The Morgan fingerprint density at radius 2 is 1.78 bits per heavy atom. The molecule has 4 nitrogen and oxygen atoms in total. The molecule has 0 saturated carbocycles. The molecule has 0 unspecified atom stereocenters. The fraction of sp³-hybridized carbons (Fsp3) is 0.533. The van der Waals surface area contributed by atoms with Crippen molar-refractivity contribution in [3.8, 4) is 0 Å². The number of alkyl halides is 2. The van der Waals surface area contributed by atoms with Crippen LogP contribution in [0.2, 0.25) is 0 Å². The number of rotatable bonds is 6. The second-order valence-corrected chi connectivity index (χ2v) is 7.82. The molecular weight excluding hydrogens is 331 g/mol. The summed E-state index contributed by atoms with van der Waals surface area (Å²) in [6.45, 7) is 5.98. The molecule has 0 heterocycles. The zero-order valence-corrected chi connectivity index (χ0v) is 14.2. The maximum Gasteiger partial charge on any atom is 0.379 e. The summed E-state index contributed by atoms with van der Waals surface area (Å²) in [7, 11) is -1.87. The SMILES string of the molecule is CCOC(=O)C(F)(F)[C@@H](N[S@@](=O)C(C)(C)C)c1ccc(F)cc1. The third-order valence-electron chi connectivity index (χ3n) is 2.89. The lowest BCUT2D eigenvalue weighted by atomic mass is 10.0. The normalized spacial score (nSPS) is 15.1. The van der Waals surface area contributed by atoms with E-state index in [9.17, 15) is 22.2 Å². The summed E-state index contributed by atoms with van der Waals surface area (Å²) >= 11 is 0. The van der Waals surface area contributed by atoms with Crippen LogP contribution in [0.4, 0.5) is 13.2 Å². The smallest absolute Gasteiger partial charge is 0.379 e. The van der Waals surface area contributed by atoms with Gasteiger partial charge in [-0.3, -0.25) is 0 Å². The summed E-state index contributed by atoms with van der Waals surface area (Å²) in [5.74, 6) is -6.30. The standard InChI is InChI=1S/C15H20F3NO3S/c1-5-22-13(20)15(17,18)12(19-23(21)14(2,3)4)10-6-8-11(16)9-7-10/h6-9,12,19H,5H2,1-4H3/t12-,23-/m0/s1. The molecule has 0 spiro atoms. The van der Waals surface area contributed by atoms with Gasteiger partial charge in [-0.25, -0.2) is 18.1 Å². The fourth-order valence-electron chi connectivity index (χ4n) is 1.64. The molecule has 0 aliphatic heterocycles. The van der Waals surface area contributed by atoms with Crippen LogP contribution in [0.1, 0.15) is 39.3 Å². The first-order valence-electron chi connectivity index (χ1n) is 6.98. The average molecular weight is 351 g/mol. The van der Waals surface area contributed by atoms with Crippen LogP contribution in [0.15, 0.2) is 24.3 Å². The quantitative estimate of drug-likeness (QED) is 0.801. The number of ether oxygens (including phenoxy) is 1. The molecular formula is C15H20F3NO3S. The molecule has 130 valence electrons. The van der Waals surface area contributed by atoms with E-state index in [2.05, 4.69) is 9.46 Å². The predicted molar refractivity (Wildman–Crippen MR) is 81.8 cm³/mol. The van der Waals surface area contributed by atoms with Gasteiger partial charge in [-0.15, -0.1) is 0 Å². The number of esters is 1. The molecule has 0 fully saturated rings. The molecule has 1 aromatic rings. The monoisotopic (exact) mass is 351 g/mol. The lowest BCUT2D eigenvalue weighted by Crippen LogP contribution is -2.47. The summed E-state index contributed by atoms with van der Waals surface area (Å²) < 4.78 is 59.9. The van der Waals surface area contributed by atoms with Crippen molar-refractivity contribution < 1.29 is 26.9 Å². The predicted octanol–water partition coefficient (Wildman–Crippen LogP) is 3.12. The number of halogens is 3. The summed E-state index contributed by atoms with van der Waals surface area (Å²) in [6.07, 6.45) is 0. The summed E-state index contributed by atoms with van der Waals surface area (Å²) in [5.41, 5.74) is -0.0675. The molecule has 1 N–H and O–H groups in total. The molecule has 1 aromatic carbocycles. The van der Waals surface area contributed by atoms with Gasteiger partial charge in [-0.2, -0.15) is 8.78 Å². The molecule has 8 heteroatoms. The van der Waals surface area contributed by atoms with Gasteiger partial charge in [-0.1, -0.05) is 12.1 Å². The van der Waals surface area contributed by atoms with Crippen LogP contribution in [0.5, 0.6) is 0 Å². The zero-order chi connectivity index (χ0) is 17.8. The highest BCUT2D eigenvalue weighted by Crippen LogP contribution is 2.34. The van der Waals surface area contributed by atoms with Crippen LogP contribution in [-0.2, 0) is 20.5 Å². The highest BCUT2D eigenvalue weighted by atomic mass is 32.2. The second kappa shape index (κ2) is 7.44. The van der Waals surface area contributed by atoms with Crippen LogP contribution in [0.25, 0.3) is 0 Å². The fourth-order valence-corrected chi connectivity index (χ4v) is 2.49. The van der Waals surface area contributed by atoms with E-state index in [4.69, 9.17) is 0 Å². The van der Waals surface area contributed by atoms with E-state index in [-0.39, 0.29) is 12.2 Å². The molecule has 23 heavy (non-hydrogen) atoms. The van der Waals surface area contributed by atoms with Gasteiger partial charge in [0.25, 0.3) is 0 Å². The number of hydrogen-bond donors (Lipinski definition) is 1. The summed E-state index contributed by atoms with van der Waals surface area (Å²) in [4.78, 5) is 11.6. The van der Waals surface area contributed by atoms with Crippen molar-refractivity contribution in [3.05, 3.63) is 35.6 Å².